The lowest BCUT2D eigenvalue weighted by Gasteiger charge is -2.03. The summed E-state index contributed by atoms with van der Waals surface area (Å²) in [4.78, 5) is 5.11. The molecule has 0 N–H and O–H groups in total. The molecule has 140 valence electrons. The lowest BCUT2D eigenvalue weighted by molar-refractivity contribution is -0.0498. The van der Waals surface area contributed by atoms with Gasteiger partial charge in [-0.3, -0.25) is 0 Å². The molecule has 0 aliphatic heterocycles. The number of ether oxygens (including phenoxy) is 2. The number of halogens is 2. The molecule has 0 atom stereocenters. The van der Waals surface area contributed by atoms with Crippen molar-refractivity contribution in [3.63, 3.8) is 0 Å². The minimum Gasteiger partial charge on any atom is -0.497 e. The highest BCUT2D eigenvalue weighted by Crippen LogP contribution is 2.21. The third-order valence-electron chi connectivity index (χ3n) is 3.37. The van der Waals surface area contributed by atoms with Crippen LogP contribution in [0.2, 0.25) is 0 Å². The second-order valence-electron chi connectivity index (χ2n) is 5.18. The van der Waals surface area contributed by atoms with Gasteiger partial charge in [0.15, 0.2) is 6.61 Å². The van der Waals surface area contributed by atoms with Gasteiger partial charge >= 0.3 is 6.61 Å². The Morgan fingerprint density at radius 1 is 1.04 bits per heavy atom. The predicted molar refractivity (Wildman–Crippen MR) is 91.7 cm³/mol. The van der Waals surface area contributed by atoms with Crippen LogP contribution in [-0.2, 0) is 11.4 Å². The van der Waals surface area contributed by atoms with Gasteiger partial charge in [0, 0.05) is 5.56 Å². The Morgan fingerprint density at radius 2 is 1.74 bits per heavy atom. The van der Waals surface area contributed by atoms with Crippen LogP contribution in [0.3, 0.4) is 0 Å². The van der Waals surface area contributed by atoms with Crippen LogP contribution < -0.4 is 9.47 Å². The quantitative estimate of drug-likeness (QED) is 0.439. The monoisotopic (exact) mass is 375 g/mol. The van der Waals surface area contributed by atoms with E-state index in [9.17, 15) is 8.78 Å². The van der Waals surface area contributed by atoms with Crippen molar-refractivity contribution in [1.29, 1.82) is 0 Å². The number of benzene rings is 2. The fourth-order valence-electron chi connectivity index (χ4n) is 2.09. The van der Waals surface area contributed by atoms with E-state index in [2.05, 4.69) is 20.1 Å². The third kappa shape index (κ3) is 5.24. The van der Waals surface area contributed by atoms with E-state index in [-0.39, 0.29) is 18.2 Å². The summed E-state index contributed by atoms with van der Waals surface area (Å²) in [5.41, 5.74) is 1.41. The van der Waals surface area contributed by atoms with Crippen molar-refractivity contribution in [3.05, 3.63) is 60.0 Å². The molecule has 0 aliphatic rings. The lowest BCUT2D eigenvalue weighted by atomic mass is 10.2. The molecule has 0 fully saturated rings. The highest BCUT2D eigenvalue weighted by atomic mass is 19.3. The molecule has 7 nitrogen and oxygen atoms in total. The Bertz CT molecular complexity index is 880. The number of oxime groups is 1. The van der Waals surface area contributed by atoms with Gasteiger partial charge in [-0.25, -0.2) is 0 Å². The molecule has 9 heteroatoms. The summed E-state index contributed by atoms with van der Waals surface area (Å²) >= 11 is 0. The third-order valence-corrected chi connectivity index (χ3v) is 3.37. The molecule has 2 aromatic carbocycles. The predicted octanol–water partition coefficient (Wildman–Crippen LogP) is 3.90. The SMILES string of the molecule is COc1ccc(-c2nnc(CO/N=C/c3ccc(OC(F)F)cc3)o2)cc1. The van der Waals surface area contributed by atoms with E-state index in [1.165, 1.54) is 18.3 Å². The molecular weight excluding hydrogens is 360 g/mol. The van der Waals surface area contributed by atoms with Gasteiger partial charge in [-0.2, -0.15) is 8.78 Å². The molecule has 0 amide bonds. The molecule has 0 spiro atoms. The summed E-state index contributed by atoms with van der Waals surface area (Å²) in [5.74, 6) is 1.42. The van der Waals surface area contributed by atoms with Gasteiger partial charge < -0.3 is 18.7 Å². The van der Waals surface area contributed by atoms with Gasteiger partial charge in [0.1, 0.15) is 11.5 Å². The standard InChI is InChI=1S/C18H15F2N3O4/c1-24-14-8-4-13(5-9-14)17-23-22-16(27-17)11-25-21-10-12-2-6-15(7-3-12)26-18(19)20/h2-10,18H,11H2,1H3/b21-10+. The first-order chi connectivity index (χ1) is 13.1. The van der Waals surface area contributed by atoms with Crippen LogP contribution in [0.1, 0.15) is 11.5 Å². The van der Waals surface area contributed by atoms with E-state index in [1.807, 2.05) is 0 Å². The Kier molecular flexibility index (Phi) is 5.93. The van der Waals surface area contributed by atoms with Gasteiger partial charge in [0.2, 0.25) is 5.89 Å². The van der Waals surface area contributed by atoms with E-state index in [1.54, 1.807) is 43.5 Å². The fourth-order valence-corrected chi connectivity index (χ4v) is 2.09. The Morgan fingerprint density at radius 3 is 2.41 bits per heavy atom. The molecule has 0 saturated heterocycles. The van der Waals surface area contributed by atoms with Gasteiger partial charge in [-0.05, 0) is 54.1 Å². The summed E-state index contributed by atoms with van der Waals surface area (Å²) in [5, 5.41) is 11.6. The highest BCUT2D eigenvalue weighted by Gasteiger charge is 2.09. The maximum absolute atomic E-state index is 12.1. The van der Waals surface area contributed by atoms with Gasteiger partial charge in [-0.15, -0.1) is 10.2 Å². The summed E-state index contributed by atoms with van der Waals surface area (Å²) in [7, 11) is 1.59. The first-order valence-electron chi connectivity index (χ1n) is 7.81. The summed E-state index contributed by atoms with van der Waals surface area (Å²) in [6, 6.07) is 13.1. The van der Waals surface area contributed by atoms with Crippen LogP contribution in [0.15, 0.2) is 58.1 Å². The van der Waals surface area contributed by atoms with Crippen LogP contribution in [-0.4, -0.2) is 30.1 Å². The number of hydrogen-bond acceptors (Lipinski definition) is 7. The minimum atomic E-state index is -2.86. The Balaban J connectivity index is 1.51. The molecule has 0 radical (unpaired) electrons. The maximum atomic E-state index is 12.1. The Hall–Kier alpha value is -3.49. The summed E-state index contributed by atoms with van der Waals surface area (Å²) in [6.07, 6.45) is 1.42. The van der Waals surface area contributed by atoms with Crippen LogP contribution in [0.4, 0.5) is 8.78 Å². The van der Waals surface area contributed by atoms with E-state index in [0.29, 0.717) is 11.5 Å². The molecule has 0 bridgehead atoms. The van der Waals surface area contributed by atoms with E-state index in [4.69, 9.17) is 14.0 Å². The fraction of sp³-hybridized carbons (Fsp3) is 0.167. The van der Waals surface area contributed by atoms with E-state index >= 15 is 0 Å². The number of alkyl halides is 2. The van der Waals surface area contributed by atoms with Crippen molar-refractivity contribution in [2.75, 3.05) is 7.11 Å². The number of aromatic nitrogens is 2. The average Bonchev–Trinajstić information content (AvgIpc) is 3.15. The zero-order valence-corrected chi connectivity index (χ0v) is 14.2. The molecule has 0 aliphatic carbocycles. The largest absolute Gasteiger partial charge is 0.497 e. The summed E-state index contributed by atoms with van der Waals surface area (Å²) < 4.78 is 39.0. The number of hydrogen-bond donors (Lipinski definition) is 0. The van der Waals surface area contributed by atoms with Crippen molar-refractivity contribution in [3.8, 4) is 23.0 Å². The number of rotatable bonds is 8. The molecule has 0 saturated carbocycles. The Labute approximate surface area is 153 Å². The van der Waals surface area contributed by atoms with Crippen molar-refractivity contribution >= 4 is 6.21 Å². The molecule has 27 heavy (non-hydrogen) atoms. The first kappa shape index (κ1) is 18.3. The van der Waals surface area contributed by atoms with E-state index < -0.39 is 6.61 Å². The van der Waals surface area contributed by atoms with Crippen LogP contribution in [0.5, 0.6) is 11.5 Å². The van der Waals surface area contributed by atoms with Crippen LogP contribution in [0, 0.1) is 0 Å². The normalized spacial score (nSPS) is 11.1. The van der Waals surface area contributed by atoms with Gasteiger partial charge in [-0.1, -0.05) is 5.16 Å². The molecule has 1 heterocycles. The molecule has 3 rings (SSSR count). The van der Waals surface area contributed by atoms with Crippen molar-refractivity contribution in [2.45, 2.75) is 13.2 Å². The second-order valence-corrected chi connectivity index (χ2v) is 5.18. The molecule has 0 unspecified atom stereocenters. The first-order valence-corrected chi connectivity index (χ1v) is 7.81. The lowest BCUT2D eigenvalue weighted by Crippen LogP contribution is -2.01. The highest BCUT2D eigenvalue weighted by molar-refractivity contribution is 5.79. The number of nitrogens with zero attached hydrogens (tertiary/aromatic N) is 3. The molecule has 3 aromatic rings. The average molecular weight is 375 g/mol. The molecule has 1 aromatic heterocycles. The van der Waals surface area contributed by atoms with Crippen LogP contribution in [0.25, 0.3) is 11.5 Å². The van der Waals surface area contributed by atoms with E-state index in [0.717, 1.165) is 11.3 Å². The minimum absolute atomic E-state index is 0.00771. The zero-order valence-electron chi connectivity index (χ0n) is 14.2. The maximum Gasteiger partial charge on any atom is 0.387 e. The summed E-state index contributed by atoms with van der Waals surface area (Å²) in [6.45, 7) is -2.86. The van der Waals surface area contributed by atoms with Crippen LogP contribution >= 0.6 is 0 Å². The van der Waals surface area contributed by atoms with Crippen molar-refractivity contribution in [1.82, 2.24) is 10.2 Å². The van der Waals surface area contributed by atoms with Crippen molar-refractivity contribution < 1.29 is 27.5 Å². The van der Waals surface area contributed by atoms with Gasteiger partial charge in [0.25, 0.3) is 5.89 Å². The van der Waals surface area contributed by atoms with Crippen molar-refractivity contribution in [2.24, 2.45) is 5.16 Å². The molecular formula is C18H15F2N3O4. The second kappa shape index (κ2) is 8.75. The topological polar surface area (TPSA) is 79.0 Å². The number of methoxy groups -OCH3 is 1. The van der Waals surface area contributed by atoms with Gasteiger partial charge in [0.05, 0.1) is 13.3 Å². The zero-order chi connectivity index (χ0) is 19.1. The smallest absolute Gasteiger partial charge is 0.387 e.